The van der Waals surface area contributed by atoms with E-state index in [4.69, 9.17) is 10.2 Å². The minimum absolute atomic E-state index is 0.166. The highest BCUT2D eigenvalue weighted by molar-refractivity contribution is 5.78. The van der Waals surface area contributed by atoms with Crippen molar-refractivity contribution in [2.45, 2.75) is 0 Å². The molecule has 1 aliphatic rings. The fourth-order valence-corrected chi connectivity index (χ4v) is 2.94. The fraction of sp³-hybridized carbons (Fsp3) is 0.750. The molecule has 0 radical (unpaired) electrons. The average molecular weight is 401 g/mol. The smallest absolute Gasteiger partial charge is 0.317 e. The third kappa shape index (κ3) is 10.2. The predicted molar refractivity (Wildman–Crippen MR) is 97.9 cm³/mol. The van der Waals surface area contributed by atoms with Gasteiger partial charge in [-0.1, -0.05) is 0 Å². The van der Waals surface area contributed by atoms with E-state index in [-0.39, 0.29) is 26.2 Å². The molecule has 1 heterocycles. The van der Waals surface area contributed by atoms with E-state index in [0.29, 0.717) is 52.4 Å². The van der Waals surface area contributed by atoms with Gasteiger partial charge in [0.25, 0.3) is 5.91 Å². The summed E-state index contributed by atoms with van der Waals surface area (Å²) in [4.78, 5) is 61.9. The first-order valence-corrected chi connectivity index (χ1v) is 8.97. The summed E-state index contributed by atoms with van der Waals surface area (Å²) >= 11 is 0. The minimum Gasteiger partial charge on any atom is -0.480 e. The first-order chi connectivity index (χ1) is 13.3. The van der Waals surface area contributed by atoms with Crippen LogP contribution in [0.3, 0.4) is 0 Å². The first kappa shape index (κ1) is 23.8. The molecule has 12 heteroatoms. The molecule has 0 spiro atoms. The Hall–Kier alpha value is -2.28. The maximum atomic E-state index is 11.4. The highest BCUT2D eigenvalue weighted by Crippen LogP contribution is 2.01. The maximum Gasteiger partial charge on any atom is 0.317 e. The molecule has 12 nitrogen and oxygen atoms in total. The van der Waals surface area contributed by atoms with Gasteiger partial charge < -0.3 is 15.0 Å². The van der Waals surface area contributed by atoms with Crippen LogP contribution in [0.5, 0.6) is 0 Å². The van der Waals surface area contributed by atoms with E-state index in [9.17, 15) is 24.1 Å². The number of aldehydes is 1. The van der Waals surface area contributed by atoms with E-state index in [0.717, 1.165) is 6.29 Å². The molecule has 0 unspecified atom stereocenters. The lowest BCUT2D eigenvalue weighted by atomic mass is 10.3. The third-order valence-corrected chi connectivity index (χ3v) is 4.44. The first-order valence-electron chi connectivity index (χ1n) is 8.97. The Morgan fingerprint density at radius 2 is 1.07 bits per heavy atom. The monoisotopic (exact) mass is 401 g/mol. The lowest BCUT2D eigenvalue weighted by Gasteiger charge is -2.32. The Balaban J connectivity index is 2.89. The Morgan fingerprint density at radius 1 is 0.714 bits per heavy atom. The van der Waals surface area contributed by atoms with Gasteiger partial charge in [0, 0.05) is 57.5 Å². The van der Waals surface area contributed by atoms with Crippen LogP contribution >= 0.6 is 0 Å². The van der Waals surface area contributed by atoms with Crippen LogP contribution in [0.1, 0.15) is 0 Å². The number of nitroso groups, excluding NO2 is 1. The van der Waals surface area contributed by atoms with Crippen LogP contribution in [0.4, 0.5) is 0 Å². The van der Waals surface area contributed by atoms with Gasteiger partial charge in [0.15, 0.2) is 0 Å². The number of carbonyl (C=O) groups is 4. The average Bonchev–Trinajstić information content (AvgIpc) is 2.62. The van der Waals surface area contributed by atoms with Gasteiger partial charge in [-0.25, -0.2) is 0 Å². The van der Waals surface area contributed by atoms with Gasteiger partial charge in [-0.3, -0.25) is 34.0 Å². The van der Waals surface area contributed by atoms with Crippen molar-refractivity contribution in [3.05, 3.63) is 4.91 Å². The Kier molecular flexibility index (Phi) is 11.0. The van der Waals surface area contributed by atoms with E-state index in [1.165, 1.54) is 0 Å². The molecule has 1 amide bonds. The molecule has 2 N–H and O–H groups in total. The molecule has 0 aromatic rings. The number of aliphatic carboxylic acids is 2. The summed E-state index contributed by atoms with van der Waals surface area (Å²) in [6.45, 7) is 2.60. The molecule has 28 heavy (non-hydrogen) atoms. The van der Waals surface area contributed by atoms with Gasteiger partial charge in [-0.05, 0) is 0 Å². The molecule has 1 saturated heterocycles. The molecule has 0 aromatic heterocycles. The van der Waals surface area contributed by atoms with Gasteiger partial charge in [-0.15, -0.1) is 4.91 Å². The number of carboxylic acids is 2. The summed E-state index contributed by atoms with van der Waals surface area (Å²) in [6.07, 6.45) is 0.754. The summed E-state index contributed by atoms with van der Waals surface area (Å²) in [5, 5.41) is 20.6. The van der Waals surface area contributed by atoms with Crippen molar-refractivity contribution >= 4 is 24.1 Å². The van der Waals surface area contributed by atoms with Crippen LogP contribution in [0.2, 0.25) is 0 Å². The highest BCUT2D eigenvalue weighted by Gasteiger charge is 2.20. The standard InChI is InChI=1S/C16H27N5O7/c22-10-9-18-1-3-19(11-14(23)17-28)5-6-21(13-16(26)27)8-7-20(4-2-18)12-15(24)25/h10H,1-9,11-13H2,(H,24,25)(H,26,27). The molecule has 0 aromatic carbocycles. The van der Waals surface area contributed by atoms with Gasteiger partial charge in [0.1, 0.15) is 6.29 Å². The molecule has 1 fully saturated rings. The molecule has 0 atom stereocenters. The van der Waals surface area contributed by atoms with Gasteiger partial charge >= 0.3 is 11.9 Å². The van der Waals surface area contributed by atoms with Gasteiger partial charge in [0.05, 0.1) is 26.2 Å². The van der Waals surface area contributed by atoms with Crippen molar-refractivity contribution in [3.63, 3.8) is 0 Å². The van der Waals surface area contributed by atoms with Crippen LogP contribution in [-0.4, -0.2) is 132 Å². The second kappa shape index (κ2) is 13.0. The molecule has 1 rings (SSSR count). The van der Waals surface area contributed by atoms with Crippen LogP contribution < -0.4 is 0 Å². The zero-order valence-corrected chi connectivity index (χ0v) is 15.7. The Bertz CT molecular complexity index is 560. The summed E-state index contributed by atoms with van der Waals surface area (Å²) in [5.41, 5.74) is 0. The van der Waals surface area contributed by atoms with E-state index in [1.54, 1.807) is 14.7 Å². The number of carboxylic acid groups (broad SMARTS) is 2. The second-order valence-corrected chi connectivity index (χ2v) is 6.57. The van der Waals surface area contributed by atoms with Crippen molar-refractivity contribution < 1.29 is 29.4 Å². The number of carbonyl (C=O) groups excluding carboxylic acids is 2. The number of hydrogen-bond acceptors (Lipinski definition) is 9. The SMILES string of the molecule is O=CCN1CCN(CC(=O)O)CCN(CC(=O)O)CCN(CC(=O)N=O)CC1. The molecule has 0 aliphatic carbocycles. The van der Waals surface area contributed by atoms with Gasteiger partial charge in [-0.2, -0.15) is 0 Å². The molecule has 1 aliphatic heterocycles. The number of amides is 1. The van der Waals surface area contributed by atoms with Gasteiger partial charge in [0.2, 0.25) is 0 Å². The molecule has 158 valence electrons. The fourth-order valence-electron chi connectivity index (χ4n) is 2.94. The summed E-state index contributed by atoms with van der Waals surface area (Å²) in [7, 11) is 0. The maximum absolute atomic E-state index is 11.4. The normalized spacial score (nSPS) is 19.3. The molecule has 0 saturated carbocycles. The summed E-state index contributed by atoms with van der Waals surface area (Å²) in [5.74, 6) is -2.80. The molecular weight excluding hydrogens is 374 g/mol. The summed E-state index contributed by atoms with van der Waals surface area (Å²) in [6, 6.07) is 0. The zero-order valence-electron chi connectivity index (χ0n) is 15.7. The van der Waals surface area contributed by atoms with Crippen LogP contribution in [0, 0.1) is 4.91 Å². The number of rotatable bonds is 8. The number of nitrogens with zero attached hydrogens (tertiary/aromatic N) is 5. The van der Waals surface area contributed by atoms with E-state index >= 15 is 0 Å². The van der Waals surface area contributed by atoms with Crippen molar-refractivity contribution in [2.75, 3.05) is 78.5 Å². The van der Waals surface area contributed by atoms with E-state index in [2.05, 4.69) is 5.18 Å². The van der Waals surface area contributed by atoms with Crippen molar-refractivity contribution in [3.8, 4) is 0 Å². The predicted octanol–water partition coefficient (Wildman–Crippen LogP) is -2.13. The molecular formula is C16H27N5O7. The van der Waals surface area contributed by atoms with Crippen molar-refractivity contribution in [1.82, 2.24) is 19.6 Å². The lowest BCUT2D eigenvalue weighted by molar-refractivity contribution is -0.140. The lowest BCUT2D eigenvalue weighted by Crippen LogP contribution is -2.48. The zero-order chi connectivity index (χ0) is 20.9. The van der Waals surface area contributed by atoms with Crippen LogP contribution in [-0.2, 0) is 19.2 Å². The van der Waals surface area contributed by atoms with Crippen molar-refractivity contribution in [2.24, 2.45) is 5.18 Å². The topological polar surface area (TPSA) is 151 Å². The Morgan fingerprint density at radius 3 is 1.39 bits per heavy atom. The molecule has 0 bridgehead atoms. The second-order valence-electron chi connectivity index (χ2n) is 6.57. The van der Waals surface area contributed by atoms with Crippen molar-refractivity contribution in [1.29, 1.82) is 0 Å². The minimum atomic E-state index is -1.01. The highest BCUT2D eigenvalue weighted by atomic mass is 16.4. The Labute approximate surface area is 162 Å². The van der Waals surface area contributed by atoms with Crippen LogP contribution in [0.25, 0.3) is 0 Å². The van der Waals surface area contributed by atoms with Crippen LogP contribution in [0.15, 0.2) is 5.18 Å². The largest absolute Gasteiger partial charge is 0.480 e. The van der Waals surface area contributed by atoms with E-state index < -0.39 is 17.8 Å². The third-order valence-electron chi connectivity index (χ3n) is 4.44. The van der Waals surface area contributed by atoms with E-state index in [1.807, 2.05) is 4.90 Å². The summed E-state index contributed by atoms with van der Waals surface area (Å²) < 4.78 is 0. The quantitative estimate of drug-likeness (QED) is 0.339. The number of hydrogen-bond donors (Lipinski definition) is 2.